The van der Waals surface area contributed by atoms with Crippen LogP contribution >= 0.6 is 0 Å². The zero-order chi connectivity index (χ0) is 10.2. The van der Waals surface area contributed by atoms with E-state index in [0.29, 0.717) is 0 Å². The van der Waals surface area contributed by atoms with Gasteiger partial charge < -0.3 is 0 Å². The third-order valence-electron chi connectivity index (χ3n) is 1.18. The van der Waals surface area contributed by atoms with Crippen molar-refractivity contribution in [1.29, 1.82) is 0 Å². The highest BCUT2D eigenvalue weighted by atomic mass is 19.4. The fourth-order valence-corrected chi connectivity index (χ4v) is 0.441. The number of nitrogens with zero attached hydrogens (tertiary/aromatic N) is 1. The topological polar surface area (TPSA) is 46.3 Å². The summed E-state index contributed by atoms with van der Waals surface area (Å²) in [6.45, 7) is 4.24. The molecule has 0 unspecified atom stereocenters. The number of carbonyl (C=O) groups is 1. The minimum Gasteiger partial charge on any atom is -0.267 e. The monoisotopic (exact) mass is 184 g/mol. The van der Waals surface area contributed by atoms with Gasteiger partial charge in [0.15, 0.2) is 0 Å². The highest BCUT2D eigenvalue weighted by Crippen LogP contribution is 2.21. The van der Waals surface area contributed by atoms with E-state index < -0.39 is 17.6 Å². The van der Waals surface area contributed by atoms with Crippen LogP contribution in [0, 0.1) is 0 Å². The lowest BCUT2D eigenvalue weighted by Gasteiger charge is -2.31. The average molecular weight is 184 g/mol. The molecule has 0 fully saturated rings. The lowest BCUT2D eigenvalue weighted by molar-refractivity contribution is -0.190. The van der Waals surface area contributed by atoms with E-state index >= 15 is 0 Å². The first kappa shape index (κ1) is 11.2. The summed E-state index contributed by atoms with van der Waals surface area (Å²) in [4.78, 5) is 10.5. The molecule has 0 bridgehead atoms. The van der Waals surface area contributed by atoms with Gasteiger partial charge in [0.05, 0.1) is 5.54 Å². The summed E-state index contributed by atoms with van der Waals surface area (Å²) in [6, 6.07) is 0. The van der Waals surface area contributed by atoms with E-state index in [2.05, 4.69) is 0 Å². The summed E-state index contributed by atoms with van der Waals surface area (Å²) in [6.07, 6.45) is -4.90. The van der Waals surface area contributed by atoms with Gasteiger partial charge in [-0.1, -0.05) is 0 Å². The first-order valence-electron chi connectivity index (χ1n) is 3.23. The van der Waals surface area contributed by atoms with Crippen LogP contribution in [0.4, 0.5) is 13.2 Å². The molecular weight excluding hydrogens is 173 g/mol. The Morgan fingerprint density at radius 3 is 1.67 bits per heavy atom. The van der Waals surface area contributed by atoms with Crippen LogP contribution in [0.5, 0.6) is 0 Å². The zero-order valence-corrected chi connectivity index (χ0v) is 7.07. The number of amides is 1. The van der Waals surface area contributed by atoms with Crippen LogP contribution in [-0.2, 0) is 4.79 Å². The van der Waals surface area contributed by atoms with E-state index in [0.717, 1.165) is 0 Å². The highest BCUT2D eigenvalue weighted by molar-refractivity contribution is 5.81. The Labute approximate surface area is 68.3 Å². The Kier molecular flexibility index (Phi) is 2.74. The summed E-state index contributed by atoms with van der Waals surface area (Å²) in [7, 11) is 0. The second kappa shape index (κ2) is 2.93. The number of halogens is 3. The van der Waals surface area contributed by atoms with Crippen molar-refractivity contribution >= 4 is 5.91 Å². The second-order valence-corrected chi connectivity index (χ2v) is 3.34. The molecule has 6 heteroatoms. The summed E-state index contributed by atoms with van der Waals surface area (Å²) in [5, 5.41) is 0.174. The van der Waals surface area contributed by atoms with Gasteiger partial charge in [0.1, 0.15) is 0 Å². The van der Waals surface area contributed by atoms with Crippen LogP contribution in [-0.4, -0.2) is 22.6 Å². The zero-order valence-electron chi connectivity index (χ0n) is 7.07. The second-order valence-electron chi connectivity index (χ2n) is 3.34. The number of hydrogen-bond donors (Lipinski definition) is 1. The van der Waals surface area contributed by atoms with Crippen molar-refractivity contribution in [3.63, 3.8) is 0 Å². The molecule has 0 saturated carbocycles. The molecule has 0 aromatic heterocycles. The lowest BCUT2D eigenvalue weighted by atomic mass is 10.1. The third-order valence-corrected chi connectivity index (χ3v) is 1.18. The molecule has 0 rings (SSSR count). The molecule has 2 N–H and O–H groups in total. The summed E-state index contributed by atoms with van der Waals surface area (Å²) >= 11 is 0. The standard InChI is InChI=1S/C6H11F3N2O/c1-5(2,3)11(10)4(12)6(7,8)9/h10H2,1-3H3. The predicted octanol–water partition coefficient (Wildman–Crippen LogP) is 1.05. The minimum atomic E-state index is -4.90. The summed E-state index contributed by atoms with van der Waals surface area (Å²) in [5.41, 5.74) is -1.02. The Bertz CT molecular complexity index is 182. The molecule has 0 heterocycles. The number of alkyl halides is 3. The minimum absolute atomic E-state index is 0.174. The Morgan fingerprint density at radius 2 is 1.58 bits per heavy atom. The van der Waals surface area contributed by atoms with Crippen LogP contribution < -0.4 is 5.84 Å². The summed E-state index contributed by atoms with van der Waals surface area (Å²) in [5.74, 6) is 2.91. The number of carbonyl (C=O) groups excluding carboxylic acids is 1. The predicted molar refractivity (Wildman–Crippen MR) is 36.8 cm³/mol. The van der Waals surface area contributed by atoms with E-state index in [1.54, 1.807) is 0 Å². The van der Waals surface area contributed by atoms with E-state index in [1.807, 2.05) is 0 Å². The molecule has 0 saturated heterocycles. The molecule has 3 nitrogen and oxygen atoms in total. The third kappa shape index (κ3) is 2.69. The van der Waals surface area contributed by atoms with Gasteiger partial charge in [0.25, 0.3) is 0 Å². The van der Waals surface area contributed by atoms with E-state index in [9.17, 15) is 18.0 Å². The van der Waals surface area contributed by atoms with Crippen LogP contribution in [0.15, 0.2) is 0 Å². The van der Waals surface area contributed by atoms with Crippen LogP contribution in [0.3, 0.4) is 0 Å². The van der Waals surface area contributed by atoms with Crippen molar-refractivity contribution in [3.8, 4) is 0 Å². The smallest absolute Gasteiger partial charge is 0.267 e. The van der Waals surface area contributed by atoms with Gasteiger partial charge in [-0.3, -0.25) is 9.80 Å². The van der Waals surface area contributed by atoms with Crippen molar-refractivity contribution < 1.29 is 18.0 Å². The molecule has 0 radical (unpaired) electrons. The molecule has 0 aliphatic rings. The highest BCUT2D eigenvalue weighted by Gasteiger charge is 2.44. The number of hydrazine groups is 1. The Hall–Kier alpha value is -0.780. The molecule has 12 heavy (non-hydrogen) atoms. The molecule has 0 aliphatic heterocycles. The first-order valence-corrected chi connectivity index (χ1v) is 3.23. The van der Waals surface area contributed by atoms with E-state index in [4.69, 9.17) is 5.84 Å². The van der Waals surface area contributed by atoms with E-state index in [1.165, 1.54) is 20.8 Å². The molecular formula is C6H11F3N2O. The average Bonchev–Trinajstić information content (AvgIpc) is 1.80. The maximum atomic E-state index is 11.8. The maximum absolute atomic E-state index is 11.8. The molecule has 0 aliphatic carbocycles. The number of nitrogens with two attached hydrogens (primary N) is 1. The quantitative estimate of drug-likeness (QED) is 0.347. The molecule has 72 valence electrons. The van der Waals surface area contributed by atoms with Gasteiger partial charge in [-0.2, -0.15) is 13.2 Å². The molecule has 0 aromatic rings. The molecule has 1 amide bonds. The van der Waals surface area contributed by atoms with Crippen molar-refractivity contribution in [3.05, 3.63) is 0 Å². The fraction of sp³-hybridized carbons (Fsp3) is 0.833. The van der Waals surface area contributed by atoms with E-state index in [-0.39, 0.29) is 5.01 Å². The van der Waals surface area contributed by atoms with Crippen molar-refractivity contribution in [2.75, 3.05) is 0 Å². The Balaban J connectivity index is 4.53. The Morgan fingerprint density at radius 1 is 1.25 bits per heavy atom. The normalized spacial score (nSPS) is 12.9. The van der Waals surface area contributed by atoms with Crippen molar-refractivity contribution in [1.82, 2.24) is 5.01 Å². The fourth-order valence-electron chi connectivity index (χ4n) is 0.441. The van der Waals surface area contributed by atoms with Crippen molar-refractivity contribution in [2.24, 2.45) is 5.84 Å². The largest absolute Gasteiger partial charge is 0.472 e. The molecule has 0 atom stereocenters. The van der Waals surface area contributed by atoms with Crippen LogP contribution in [0.1, 0.15) is 20.8 Å². The van der Waals surface area contributed by atoms with Gasteiger partial charge in [0, 0.05) is 0 Å². The first-order chi connectivity index (χ1) is 5.07. The molecule has 0 aromatic carbocycles. The number of hydrogen-bond acceptors (Lipinski definition) is 2. The lowest BCUT2D eigenvalue weighted by Crippen LogP contribution is -2.55. The number of rotatable bonds is 0. The van der Waals surface area contributed by atoms with Gasteiger partial charge in [0.2, 0.25) is 0 Å². The SMILES string of the molecule is CC(C)(C)N(N)C(=O)C(F)(F)F. The van der Waals surface area contributed by atoms with Gasteiger partial charge in [-0.25, -0.2) is 5.84 Å². The van der Waals surface area contributed by atoms with Crippen molar-refractivity contribution in [2.45, 2.75) is 32.5 Å². The van der Waals surface area contributed by atoms with Gasteiger partial charge >= 0.3 is 12.1 Å². The van der Waals surface area contributed by atoms with Gasteiger partial charge in [-0.15, -0.1) is 0 Å². The summed E-state index contributed by atoms with van der Waals surface area (Å²) < 4.78 is 35.3. The molecule has 0 spiro atoms. The maximum Gasteiger partial charge on any atom is 0.472 e. The van der Waals surface area contributed by atoms with Crippen LogP contribution in [0.25, 0.3) is 0 Å². The van der Waals surface area contributed by atoms with Crippen LogP contribution in [0.2, 0.25) is 0 Å². The van der Waals surface area contributed by atoms with Gasteiger partial charge in [-0.05, 0) is 20.8 Å².